The molecule has 0 aliphatic carbocycles. The summed E-state index contributed by atoms with van der Waals surface area (Å²) in [7, 11) is 4.00. The van der Waals surface area contributed by atoms with Gasteiger partial charge in [-0.1, -0.05) is 0 Å². The van der Waals surface area contributed by atoms with Gasteiger partial charge in [0.05, 0.1) is 0 Å². The Kier molecular flexibility index (Phi) is 4.39. The molecule has 1 heterocycles. The molecule has 4 nitrogen and oxygen atoms in total. The number of aromatic nitrogens is 1. The molecule has 0 spiro atoms. The number of aromatic amines is 1. The van der Waals surface area contributed by atoms with Gasteiger partial charge in [0, 0.05) is 17.4 Å². The van der Waals surface area contributed by atoms with E-state index in [0.717, 1.165) is 23.9 Å². The SMILES string of the molecule is Cc1c(C(=O)NCCCN(C)C)[nH]c2cc(F)ccc12. The molecular formula is C15H20FN3O. The fourth-order valence-electron chi connectivity index (χ4n) is 2.22. The minimum atomic E-state index is -0.309. The van der Waals surface area contributed by atoms with Gasteiger partial charge in [-0.05, 0) is 57.7 Å². The summed E-state index contributed by atoms with van der Waals surface area (Å²) in [5.74, 6) is -0.449. The van der Waals surface area contributed by atoms with Crippen molar-refractivity contribution in [3.63, 3.8) is 0 Å². The van der Waals surface area contributed by atoms with Crippen LogP contribution in [-0.2, 0) is 0 Å². The van der Waals surface area contributed by atoms with Crippen molar-refractivity contribution >= 4 is 16.8 Å². The lowest BCUT2D eigenvalue weighted by molar-refractivity contribution is 0.0947. The third-order valence-corrected chi connectivity index (χ3v) is 3.32. The minimum absolute atomic E-state index is 0.141. The number of fused-ring (bicyclic) bond motifs is 1. The van der Waals surface area contributed by atoms with E-state index >= 15 is 0 Å². The Hall–Kier alpha value is -1.88. The van der Waals surface area contributed by atoms with Crippen LogP contribution in [0.25, 0.3) is 10.9 Å². The maximum Gasteiger partial charge on any atom is 0.268 e. The van der Waals surface area contributed by atoms with Crippen molar-refractivity contribution in [1.29, 1.82) is 0 Å². The number of carbonyl (C=O) groups excluding carboxylic acids is 1. The number of hydrogen-bond acceptors (Lipinski definition) is 2. The highest BCUT2D eigenvalue weighted by molar-refractivity contribution is 6.00. The highest BCUT2D eigenvalue weighted by Gasteiger charge is 2.14. The Labute approximate surface area is 118 Å². The van der Waals surface area contributed by atoms with Gasteiger partial charge in [0.1, 0.15) is 11.5 Å². The van der Waals surface area contributed by atoms with Gasteiger partial charge < -0.3 is 15.2 Å². The molecule has 2 aromatic rings. The Morgan fingerprint density at radius 1 is 1.40 bits per heavy atom. The van der Waals surface area contributed by atoms with E-state index in [1.165, 1.54) is 12.1 Å². The largest absolute Gasteiger partial charge is 0.351 e. The van der Waals surface area contributed by atoms with Crippen LogP contribution in [0.4, 0.5) is 4.39 Å². The first kappa shape index (κ1) is 14.5. The van der Waals surface area contributed by atoms with Crippen LogP contribution in [0.5, 0.6) is 0 Å². The molecule has 0 aliphatic rings. The maximum atomic E-state index is 13.2. The molecule has 0 bridgehead atoms. The molecule has 1 aromatic heterocycles. The molecule has 2 rings (SSSR count). The van der Waals surface area contributed by atoms with Gasteiger partial charge in [-0.3, -0.25) is 4.79 Å². The number of rotatable bonds is 5. The van der Waals surface area contributed by atoms with E-state index in [4.69, 9.17) is 0 Å². The second-order valence-corrected chi connectivity index (χ2v) is 5.23. The molecule has 0 saturated carbocycles. The summed E-state index contributed by atoms with van der Waals surface area (Å²) in [6, 6.07) is 4.51. The fourth-order valence-corrected chi connectivity index (χ4v) is 2.22. The molecule has 0 atom stereocenters. The molecule has 108 valence electrons. The summed E-state index contributed by atoms with van der Waals surface area (Å²) in [5, 5.41) is 3.76. The third kappa shape index (κ3) is 3.17. The topological polar surface area (TPSA) is 48.1 Å². The maximum absolute atomic E-state index is 13.2. The number of hydrogen-bond donors (Lipinski definition) is 2. The smallest absolute Gasteiger partial charge is 0.268 e. The molecule has 0 aliphatic heterocycles. The van der Waals surface area contributed by atoms with Crippen molar-refractivity contribution in [1.82, 2.24) is 15.2 Å². The van der Waals surface area contributed by atoms with E-state index < -0.39 is 0 Å². The number of amides is 1. The van der Waals surface area contributed by atoms with Gasteiger partial charge in [-0.25, -0.2) is 4.39 Å². The average molecular weight is 277 g/mol. The Bertz CT molecular complexity index is 619. The van der Waals surface area contributed by atoms with Crippen molar-refractivity contribution in [3.8, 4) is 0 Å². The predicted octanol–water partition coefficient (Wildman–Crippen LogP) is 2.30. The average Bonchev–Trinajstić information content (AvgIpc) is 2.71. The summed E-state index contributed by atoms with van der Waals surface area (Å²) in [6.45, 7) is 3.42. The number of halogens is 1. The first-order chi connectivity index (χ1) is 9.49. The van der Waals surface area contributed by atoms with Crippen LogP contribution >= 0.6 is 0 Å². The van der Waals surface area contributed by atoms with Crippen LogP contribution in [0.3, 0.4) is 0 Å². The molecule has 2 N–H and O–H groups in total. The first-order valence-corrected chi connectivity index (χ1v) is 6.70. The van der Waals surface area contributed by atoms with Gasteiger partial charge in [-0.2, -0.15) is 0 Å². The molecule has 0 saturated heterocycles. The quantitative estimate of drug-likeness (QED) is 0.824. The van der Waals surface area contributed by atoms with E-state index in [-0.39, 0.29) is 11.7 Å². The zero-order valence-corrected chi connectivity index (χ0v) is 12.1. The van der Waals surface area contributed by atoms with E-state index in [9.17, 15) is 9.18 Å². The standard InChI is InChI=1S/C15H20FN3O/c1-10-12-6-5-11(16)9-13(12)18-14(10)15(20)17-7-4-8-19(2)3/h5-6,9,18H,4,7-8H2,1-3H3,(H,17,20). The summed E-state index contributed by atoms with van der Waals surface area (Å²) >= 11 is 0. The van der Waals surface area contributed by atoms with E-state index in [1.54, 1.807) is 6.07 Å². The summed E-state index contributed by atoms with van der Waals surface area (Å²) in [5.41, 5.74) is 2.02. The van der Waals surface area contributed by atoms with Crippen molar-refractivity contribution in [2.24, 2.45) is 0 Å². The number of carbonyl (C=O) groups is 1. The number of H-pyrrole nitrogens is 1. The molecule has 0 radical (unpaired) electrons. The van der Waals surface area contributed by atoms with Gasteiger partial charge in [-0.15, -0.1) is 0 Å². The Morgan fingerprint density at radius 3 is 2.85 bits per heavy atom. The van der Waals surface area contributed by atoms with E-state index in [1.807, 2.05) is 21.0 Å². The van der Waals surface area contributed by atoms with Crippen molar-refractivity contribution < 1.29 is 9.18 Å². The second-order valence-electron chi connectivity index (χ2n) is 5.23. The van der Waals surface area contributed by atoms with Crippen molar-refractivity contribution in [2.45, 2.75) is 13.3 Å². The third-order valence-electron chi connectivity index (χ3n) is 3.32. The summed E-state index contributed by atoms with van der Waals surface area (Å²) in [4.78, 5) is 17.2. The monoisotopic (exact) mass is 277 g/mol. The molecule has 20 heavy (non-hydrogen) atoms. The van der Waals surface area contributed by atoms with Gasteiger partial charge in [0.2, 0.25) is 0 Å². The molecule has 0 fully saturated rings. The van der Waals surface area contributed by atoms with Crippen LogP contribution in [-0.4, -0.2) is 43.0 Å². The second kappa shape index (κ2) is 6.05. The molecule has 1 aromatic carbocycles. The number of nitrogens with one attached hydrogen (secondary N) is 2. The molecule has 5 heteroatoms. The van der Waals surface area contributed by atoms with Crippen LogP contribution in [0.15, 0.2) is 18.2 Å². The zero-order valence-electron chi connectivity index (χ0n) is 12.1. The first-order valence-electron chi connectivity index (χ1n) is 6.70. The normalized spacial score (nSPS) is 11.2. The van der Waals surface area contributed by atoms with Crippen LogP contribution in [0.1, 0.15) is 22.5 Å². The Morgan fingerprint density at radius 2 is 2.15 bits per heavy atom. The van der Waals surface area contributed by atoms with Crippen LogP contribution in [0, 0.1) is 12.7 Å². The van der Waals surface area contributed by atoms with Crippen molar-refractivity contribution in [2.75, 3.05) is 27.2 Å². The number of aryl methyl sites for hydroxylation is 1. The van der Waals surface area contributed by atoms with Gasteiger partial charge >= 0.3 is 0 Å². The Balaban J connectivity index is 2.08. The minimum Gasteiger partial charge on any atom is -0.351 e. The predicted molar refractivity (Wildman–Crippen MR) is 78.5 cm³/mol. The molecule has 0 unspecified atom stereocenters. The zero-order chi connectivity index (χ0) is 14.7. The van der Waals surface area contributed by atoms with E-state index in [0.29, 0.717) is 17.8 Å². The fraction of sp³-hybridized carbons (Fsp3) is 0.400. The van der Waals surface area contributed by atoms with Crippen LogP contribution in [0.2, 0.25) is 0 Å². The highest BCUT2D eigenvalue weighted by Crippen LogP contribution is 2.22. The van der Waals surface area contributed by atoms with Crippen LogP contribution < -0.4 is 5.32 Å². The lowest BCUT2D eigenvalue weighted by Gasteiger charge is -2.09. The van der Waals surface area contributed by atoms with E-state index in [2.05, 4.69) is 15.2 Å². The lowest BCUT2D eigenvalue weighted by atomic mass is 10.1. The molecular weight excluding hydrogens is 257 g/mol. The number of nitrogens with zero attached hydrogens (tertiary/aromatic N) is 1. The highest BCUT2D eigenvalue weighted by atomic mass is 19.1. The van der Waals surface area contributed by atoms with Crippen molar-refractivity contribution in [3.05, 3.63) is 35.3 Å². The summed E-state index contributed by atoms with van der Waals surface area (Å²) in [6.07, 6.45) is 0.895. The van der Waals surface area contributed by atoms with Gasteiger partial charge in [0.15, 0.2) is 0 Å². The lowest BCUT2D eigenvalue weighted by Crippen LogP contribution is -2.27. The molecule has 1 amide bonds. The number of benzene rings is 1. The van der Waals surface area contributed by atoms with Gasteiger partial charge in [0.25, 0.3) is 5.91 Å². The summed E-state index contributed by atoms with van der Waals surface area (Å²) < 4.78 is 13.2.